The van der Waals surface area contributed by atoms with E-state index >= 15 is 0 Å². The number of ether oxygens (including phenoxy) is 1. The van der Waals surface area contributed by atoms with Gasteiger partial charge in [-0.25, -0.2) is 8.42 Å². The van der Waals surface area contributed by atoms with E-state index < -0.39 is 16.1 Å². The maximum absolute atomic E-state index is 13.2. The van der Waals surface area contributed by atoms with Gasteiger partial charge in [0.2, 0.25) is 15.9 Å². The molecule has 0 saturated carbocycles. The van der Waals surface area contributed by atoms with E-state index in [4.69, 9.17) is 4.74 Å². The number of hydrogen-bond donors (Lipinski definition) is 1. The summed E-state index contributed by atoms with van der Waals surface area (Å²) in [6.45, 7) is 7.84. The molecule has 2 rings (SSSR count). The molecule has 0 fully saturated rings. The van der Waals surface area contributed by atoms with Crippen LogP contribution in [0.25, 0.3) is 0 Å². The molecule has 29 heavy (non-hydrogen) atoms. The van der Waals surface area contributed by atoms with Gasteiger partial charge in [-0.1, -0.05) is 45.0 Å². The highest BCUT2D eigenvalue weighted by atomic mass is 32.2. The fourth-order valence-electron chi connectivity index (χ4n) is 3.36. The van der Waals surface area contributed by atoms with Crippen LogP contribution in [0.3, 0.4) is 0 Å². The molecule has 1 atom stereocenters. The average Bonchev–Trinajstić information content (AvgIpc) is 2.66. The van der Waals surface area contributed by atoms with E-state index in [1.807, 2.05) is 25.1 Å². The van der Waals surface area contributed by atoms with Gasteiger partial charge < -0.3 is 10.1 Å². The first kappa shape index (κ1) is 22.7. The highest BCUT2D eigenvalue weighted by Crippen LogP contribution is 2.30. The molecule has 158 valence electrons. The van der Waals surface area contributed by atoms with Gasteiger partial charge in [-0.3, -0.25) is 9.10 Å². The zero-order chi connectivity index (χ0) is 21.8. The fourth-order valence-corrected chi connectivity index (χ4v) is 4.56. The number of sulfonamides is 1. The number of hydrogen-bond acceptors (Lipinski definition) is 4. The van der Waals surface area contributed by atoms with E-state index in [2.05, 4.69) is 19.2 Å². The van der Waals surface area contributed by atoms with E-state index in [1.165, 1.54) is 7.11 Å². The summed E-state index contributed by atoms with van der Waals surface area (Å²) < 4.78 is 31.7. The Morgan fingerprint density at radius 1 is 1.17 bits per heavy atom. The summed E-state index contributed by atoms with van der Waals surface area (Å²) in [7, 11) is -2.20. The largest absolute Gasteiger partial charge is 0.497 e. The Morgan fingerprint density at radius 3 is 2.38 bits per heavy atom. The molecule has 1 N–H and O–H groups in total. The van der Waals surface area contributed by atoms with Crippen molar-refractivity contribution in [2.24, 2.45) is 0 Å². The first-order valence-corrected chi connectivity index (χ1v) is 11.5. The Morgan fingerprint density at radius 2 is 1.83 bits per heavy atom. The number of nitrogens with one attached hydrogen (secondary N) is 1. The van der Waals surface area contributed by atoms with Crippen LogP contribution in [-0.4, -0.2) is 33.7 Å². The third kappa shape index (κ3) is 5.29. The predicted molar refractivity (Wildman–Crippen MR) is 118 cm³/mol. The van der Waals surface area contributed by atoms with Crippen LogP contribution in [0.4, 0.5) is 11.4 Å². The summed E-state index contributed by atoms with van der Waals surface area (Å²) in [6, 6.07) is 11.7. The lowest BCUT2D eigenvalue weighted by Crippen LogP contribution is -2.47. The van der Waals surface area contributed by atoms with Crippen molar-refractivity contribution in [3.05, 3.63) is 53.6 Å². The van der Waals surface area contributed by atoms with Crippen molar-refractivity contribution >= 4 is 27.3 Å². The van der Waals surface area contributed by atoms with E-state index in [9.17, 15) is 13.2 Å². The molecule has 0 aliphatic rings. The van der Waals surface area contributed by atoms with Gasteiger partial charge >= 0.3 is 0 Å². The third-order valence-electron chi connectivity index (χ3n) is 4.81. The Labute approximate surface area is 173 Å². The number of amides is 1. The van der Waals surface area contributed by atoms with E-state index in [-0.39, 0.29) is 11.8 Å². The number of benzene rings is 2. The van der Waals surface area contributed by atoms with Crippen LogP contribution in [0.15, 0.2) is 42.5 Å². The van der Waals surface area contributed by atoms with Crippen molar-refractivity contribution in [2.45, 2.75) is 46.1 Å². The molecule has 0 radical (unpaired) electrons. The number of carbonyl (C=O) groups excluding carboxylic acids is 1. The number of aryl methyl sites for hydroxylation is 1. The van der Waals surface area contributed by atoms with Gasteiger partial charge in [-0.05, 0) is 42.5 Å². The summed E-state index contributed by atoms with van der Waals surface area (Å²) in [6.07, 6.45) is 1.43. The molecule has 0 aliphatic carbocycles. The van der Waals surface area contributed by atoms with Gasteiger partial charge in [0.15, 0.2) is 0 Å². The van der Waals surface area contributed by atoms with Crippen LogP contribution < -0.4 is 14.4 Å². The molecule has 0 bridgehead atoms. The zero-order valence-corrected chi connectivity index (χ0v) is 18.7. The van der Waals surface area contributed by atoms with E-state index in [1.54, 1.807) is 31.2 Å². The van der Waals surface area contributed by atoms with Gasteiger partial charge in [0.05, 0.1) is 19.1 Å². The van der Waals surface area contributed by atoms with Crippen LogP contribution in [0.5, 0.6) is 5.75 Å². The van der Waals surface area contributed by atoms with Crippen molar-refractivity contribution in [1.82, 2.24) is 0 Å². The molecule has 2 aromatic rings. The third-order valence-corrected chi connectivity index (χ3v) is 5.99. The number of nitrogens with zero attached hydrogens (tertiary/aromatic N) is 1. The number of carbonyl (C=O) groups is 1. The molecule has 2 aromatic carbocycles. The minimum Gasteiger partial charge on any atom is -0.497 e. The maximum atomic E-state index is 13.2. The summed E-state index contributed by atoms with van der Waals surface area (Å²) >= 11 is 0. The second-order valence-electron chi connectivity index (χ2n) is 7.37. The molecular formula is C22H30N2O4S. The first-order chi connectivity index (χ1) is 13.6. The molecular weight excluding hydrogens is 388 g/mol. The topological polar surface area (TPSA) is 75.7 Å². The smallest absolute Gasteiger partial charge is 0.248 e. The van der Waals surface area contributed by atoms with Gasteiger partial charge in [0.25, 0.3) is 0 Å². The zero-order valence-electron chi connectivity index (χ0n) is 17.9. The van der Waals surface area contributed by atoms with Crippen molar-refractivity contribution in [1.29, 1.82) is 0 Å². The SMILES string of the molecule is CC[C@H](C(=O)Nc1c(C)cccc1C(C)C)N(c1cccc(OC)c1)S(C)(=O)=O. The second-order valence-corrected chi connectivity index (χ2v) is 9.23. The standard InChI is InChI=1S/C22H30N2O4S/c1-7-20(22(25)23-21-16(4)10-8-13-19(21)15(2)3)24(29(6,26)27)17-11-9-12-18(14-17)28-5/h8-15,20H,7H2,1-6H3,(H,23,25)/t20-/m1/s1. The van der Waals surface area contributed by atoms with Crippen molar-refractivity contribution in [2.75, 3.05) is 23.0 Å². The number of anilines is 2. The lowest BCUT2D eigenvalue weighted by molar-refractivity contribution is -0.117. The Kier molecular flexibility index (Phi) is 7.30. The molecule has 0 unspecified atom stereocenters. The molecule has 0 aromatic heterocycles. The highest BCUT2D eigenvalue weighted by molar-refractivity contribution is 7.92. The predicted octanol–water partition coefficient (Wildman–Crippen LogP) is 4.31. The molecule has 0 saturated heterocycles. The van der Waals surface area contributed by atoms with Crippen LogP contribution >= 0.6 is 0 Å². The maximum Gasteiger partial charge on any atom is 0.248 e. The van der Waals surface area contributed by atoms with Gasteiger partial charge in [-0.15, -0.1) is 0 Å². The van der Waals surface area contributed by atoms with E-state index in [0.717, 1.165) is 27.4 Å². The van der Waals surface area contributed by atoms with Crippen LogP contribution in [-0.2, 0) is 14.8 Å². The number of methoxy groups -OCH3 is 1. The van der Waals surface area contributed by atoms with Gasteiger partial charge in [0.1, 0.15) is 11.8 Å². The first-order valence-electron chi connectivity index (χ1n) is 9.64. The molecule has 0 spiro atoms. The Bertz CT molecular complexity index is 971. The molecule has 7 heteroatoms. The minimum absolute atomic E-state index is 0.217. The summed E-state index contributed by atoms with van der Waals surface area (Å²) in [4.78, 5) is 13.2. The minimum atomic E-state index is -3.71. The van der Waals surface area contributed by atoms with E-state index in [0.29, 0.717) is 17.9 Å². The average molecular weight is 419 g/mol. The van der Waals surface area contributed by atoms with Crippen LogP contribution in [0, 0.1) is 6.92 Å². The lowest BCUT2D eigenvalue weighted by atomic mass is 9.98. The second kappa shape index (κ2) is 9.31. The molecule has 0 heterocycles. The monoisotopic (exact) mass is 418 g/mol. The number of rotatable bonds is 8. The van der Waals surface area contributed by atoms with Crippen molar-refractivity contribution < 1.29 is 17.9 Å². The fraction of sp³-hybridized carbons (Fsp3) is 0.409. The number of para-hydroxylation sites is 1. The van der Waals surface area contributed by atoms with Gasteiger partial charge in [0, 0.05) is 11.8 Å². The normalized spacial score (nSPS) is 12.5. The van der Waals surface area contributed by atoms with Crippen molar-refractivity contribution in [3.8, 4) is 5.75 Å². The summed E-state index contributed by atoms with van der Waals surface area (Å²) in [5.74, 6) is 0.374. The van der Waals surface area contributed by atoms with Crippen LogP contribution in [0.1, 0.15) is 44.2 Å². The summed E-state index contributed by atoms with van der Waals surface area (Å²) in [5, 5.41) is 2.99. The Hall–Kier alpha value is -2.54. The molecule has 0 aliphatic heterocycles. The highest BCUT2D eigenvalue weighted by Gasteiger charge is 2.32. The van der Waals surface area contributed by atoms with Crippen molar-refractivity contribution in [3.63, 3.8) is 0 Å². The lowest BCUT2D eigenvalue weighted by Gasteiger charge is -2.31. The molecule has 6 nitrogen and oxygen atoms in total. The summed E-state index contributed by atoms with van der Waals surface area (Å²) in [5.41, 5.74) is 3.08. The molecule has 1 amide bonds. The van der Waals surface area contributed by atoms with Crippen LogP contribution in [0.2, 0.25) is 0 Å². The Balaban J connectivity index is 2.47. The van der Waals surface area contributed by atoms with Gasteiger partial charge in [-0.2, -0.15) is 0 Å². The quantitative estimate of drug-likeness (QED) is 0.693.